The van der Waals surface area contributed by atoms with E-state index < -0.39 is 0 Å². The van der Waals surface area contributed by atoms with E-state index in [-0.39, 0.29) is 5.97 Å². The summed E-state index contributed by atoms with van der Waals surface area (Å²) in [5.74, 6) is 0.726. The summed E-state index contributed by atoms with van der Waals surface area (Å²) < 4.78 is 11.4. The van der Waals surface area contributed by atoms with Crippen molar-refractivity contribution in [3.05, 3.63) is 84.4 Å². The van der Waals surface area contributed by atoms with E-state index in [1.807, 2.05) is 78.9 Å². The van der Waals surface area contributed by atoms with Crippen LogP contribution in [0.3, 0.4) is 0 Å². The van der Waals surface area contributed by atoms with Crippen molar-refractivity contribution in [1.29, 1.82) is 0 Å². The number of carbonyl (C=O) groups excluding carboxylic acids is 1. The van der Waals surface area contributed by atoms with Gasteiger partial charge in [0.2, 0.25) is 0 Å². The van der Waals surface area contributed by atoms with Crippen LogP contribution in [0.1, 0.15) is 18.9 Å². The largest absolute Gasteiger partial charge is 0.485 e. The number of hydrogen-bond acceptors (Lipinski definition) is 3. The fourth-order valence-electron chi connectivity index (χ4n) is 2.45. The summed E-state index contributed by atoms with van der Waals surface area (Å²) in [5, 5.41) is 0. The molecular formula is C22H20O3. The molecule has 0 fully saturated rings. The first-order valence-electron chi connectivity index (χ1n) is 8.33. The third-order valence-electron chi connectivity index (χ3n) is 3.80. The highest BCUT2D eigenvalue weighted by atomic mass is 16.6. The van der Waals surface area contributed by atoms with Crippen molar-refractivity contribution < 1.29 is 14.3 Å². The Balaban J connectivity index is 1.86. The van der Waals surface area contributed by atoms with Gasteiger partial charge >= 0.3 is 5.97 Å². The van der Waals surface area contributed by atoms with Crippen LogP contribution in [0.4, 0.5) is 0 Å². The third-order valence-corrected chi connectivity index (χ3v) is 3.80. The van der Waals surface area contributed by atoms with Gasteiger partial charge in [-0.2, -0.15) is 0 Å². The predicted octanol–water partition coefficient (Wildman–Crippen LogP) is 5.25. The molecule has 0 spiro atoms. The number of carbonyl (C=O) groups is 1. The van der Waals surface area contributed by atoms with E-state index in [9.17, 15) is 4.79 Å². The second-order valence-corrected chi connectivity index (χ2v) is 5.63. The molecule has 0 saturated carbocycles. The van der Waals surface area contributed by atoms with Gasteiger partial charge in [-0.05, 0) is 28.8 Å². The zero-order valence-corrected chi connectivity index (χ0v) is 14.1. The Morgan fingerprint density at radius 3 is 2.16 bits per heavy atom. The number of rotatable bonds is 6. The van der Waals surface area contributed by atoms with Crippen LogP contribution in [0, 0.1) is 0 Å². The van der Waals surface area contributed by atoms with Crippen LogP contribution in [0.25, 0.3) is 11.1 Å². The normalized spacial score (nSPS) is 10.3. The van der Waals surface area contributed by atoms with E-state index in [1.54, 1.807) is 6.92 Å². The molecule has 0 radical (unpaired) electrons. The average molecular weight is 332 g/mol. The number of benzene rings is 3. The molecule has 0 amide bonds. The van der Waals surface area contributed by atoms with E-state index in [1.165, 1.54) is 0 Å². The molecule has 0 aromatic heterocycles. The van der Waals surface area contributed by atoms with Gasteiger partial charge in [0.1, 0.15) is 6.61 Å². The van der Waals surface area contributed by atoms with Crippen molar-refractivity contribution in [1.82, 2.24) is 0 Å². The summed E-state index contributed by atoms with van der Waals surface area (Å²) in [6, 6.07) is 25.5. The van der Waals surface area contributed by atoms with Gasteiger partial charge < -0.3 is 9.47 Å². The maximum Gasteiger partial charge on any atom is 0.311 e. The molecule has 0 N–H and O–H groups in total. The van der Waals surface area contributed by atoms with Crippen LogP contribution in [0.2, 0.25) is 0 Å². The van der Waals surface area contributed by atoms with E-state index in [0.29, 0.717) is 24.5 Å². The molecule has 3 nitrogen and oxygen atoms in total. The SMILES string of the molecule is CCC(=O)Oc1cc(-c2ccccc2)ccc1OCc1ccccc1. The van der Waals surface area contributed by atoms with Gasteiger partial charge in [0.15, 0.2) is 11.5 Å². The van der Waals surface area contributed by atoms with Crippen LogP contribution in [0.5, 0.6) is 11.5 Å². The molecule has 0 unspecified atom stereocenters. The lowest BCUT2D eigenvalue weighted by molar-refractivity contribution is -0.134. The summed E-state index contributed by atoms with van der Waals surface area (Å²) in [7, 11) is 0. The van der Waals surface area contributed by atoms with E-state index in [0.717, 1.165) is 16.7 Å². The number of hydrogen-bond donors (Lipinski definition) is 0. The summed E-state index contributed by atoms with van der Waals surface area (Å²) in [6.45, 7) is 2.19. The molecule has 0 saturated heterocycles. The Morgan fingerprint density at radius 2 is 1.48 bits per heavy atom. The smallest absolute Gasteiger partial charge is 0.311 e. The highest BCUT2D eigenvalue weighted by Gasteiger charge is 2.12. The lowest BCUT2D eigenvalue weighted by Crippen LogP contribution is -2.07. The maximum atomic E-state index is 11.8. The number of esters is 1. The standard InChI is InChI=1S/C22H20O3/c1-2-22(23)25-21-15-19(18-11-7-4-8-12-18)13-14-20(21)24-16-17-9-5-3-6-10-17/h3-15H,2,16H2,1H3. The maximum absolute atomic E-state index is 11.8. The first kappa shape index (κ1) is 16.8. The summed E-state index contributed by atoms with van der Waals surface area (Å²) in [5.41, 5.74) is 3.10. The van der Waals surface area contributed by atoms with Gasteiger partial charge in [-0.15, -0.1) is 0 Å². The minimum atomic E-state index is -0.283. The van der Waals surface area contributed by atoms with Crippen molar-refractivity contribution >= 4 is 5.97 Å². The van der Waals surface area contributed by atoms with E-state index >= 15 is 0 Å². The predicted molar refractivity (Wildman–Crippen MR) is 98.6 cm³/mol. The van der Waals surface area contributed by atoms with Crippen molar-refractivity contribution in [3.8, 4) is 22.6 Å². The van der Waals surface area contributed by atoms with E-state index in [2.05, 4.69) is 0 Å². The van der Waals surface area contributed by atoms with Crippen molar-refractivity contribution in [2.75, 3.05) is 0 Å². The molecule has 25 heavy (non-hydrogen) atoms. The molecule has 0 aliphatic carbocycles. The lowest BCUT2D eigenvalue weighted by atomic mass is 10.1. The fraction of sp³-hybridized carbons (Fsp3) is 0.136. The van der Waals surface area contributed by atoms with Gasteiger partial charge in [0.25, 0.3) is 0 Å². The summed E-state index contributed by atoms with van der Waals surface area (Å²) in [4.78, 5) is 11.8. The lowest BCUT2D eigenvalue weighted by Gasteiger charge is -2.13. The second-order valence-electron chi connectivity index (χ2n) is 5.63. The van der Waals surface area contributed by atoms with Gasteiger partial charge in [-0.3, -0.25) is 4.79 Å². The monoisotopic (exact) mass is 332 g/mol. The molecule has 126 valence electrons. The molecule has 0 heterocycles. The Morgan fingerprint density at radius 1 is 0.800 bits per heavy atom. The highest BCUT2D eigenvalue weighted by Crippen LogP contribution is 2.33. The first-order chi connectivity index (χ1) is 12.3. The summed E-state index contributed by atoms with van der Waals surface area (Å²) in [6.07, 6.45) is 0.313. The topological polar surface area (TPSA) is 35.5 Å². The van der Waals surface area contributed by atoms with Crippen molar-refractivity contribution in [2.24, 2.45) is 0 Å². The molecule has 0 bridgehead atoms. The molecule has 3 aromatic rings. The van der Waals surface area contributed by atoms with Crippen LogP contribution in [-0.4, -0.2) is 5.97 Å². The van der Waals surface area contributed by atoms with Crippen LogP contribution < -0.4 is 9.47 Å². The summed E-state index contributed by atoms with van der Waals surface area (Å²) >= 11 is 0. The Kier molecular flexibility index (Phi) is 5.47. The average Bonchev–Trinajstić information content (AvgIpc) is 2.68. The second kappa shape index (κ2) is 8.15. The molecule has 0 aliphatic rings. The first-order valence-corrected chi connectivity index (χ1v) is 8.33. The molecule has 3 rings (SSSR count). The molecule has 3 heteroatoms. The Hall–Kier alpha value is -3.07. The van der Waals surface area contributed by atoms with E-state index in [4.69, 9.17) is 9.47 Å². The molecule has 0 aliphatic heterocycles. The fourth-order valence-corrected chi connectivity index (χ4v) is 2.45. The molecule has 0 atom stereocenters. The minimum Gasteiger partial charge on any atom is -0.485 e. The van der Waals surface area contributed by atoms with Gasteiger partial charge in [-0.25, -0.2) is 0 Å². The van der Waals surface area contributed by atoms with Crippen molar-refractivity contribution in [3.63, 3.8) is 0 Å². The minimum absolute atomic E-state index is 0.283. The number of ether oxygens (including phenoxy) is 2. The van der Waals surface area contributed by atoms with Crippen molar-refractivity contribution in [2.45, 2.75) is 20.0 Å². The third kappa shape index (κ3) is 4.48. The van der Waals surface area contributed by atoms with Crippen LogP contribution >= 0.6 is 0 Å². The Bertz CT molecular complexity index is 826. The van der Waals surface area contributed by atoms with Crippen LogP contribution in [0.15, 0.2) is 78.9 Å². The van der Waals surface area contributed by atoms with Gasteiger partial charge in [0, 0.05) is 6.42 Å². The zero-order chi connectivity index (χ0) is 17.5. The Labute approximate surface area is 147 Å². The molecule has 3 aromatic carbocycles. The quantitative estimate of drug-likeness (QED) is 0.457. The van der Waals surface area contributed by atoms with Crippen LogP contribution in [-0.2, 0) is 11.4 Å². The zero-order valence-electron chi connectivity index (χ0n) is 14.1. The van der Waals surface area contributed by atoms with Gasteiger partial charge in [-0.1, -0.05) is 73.7 Å². The molecular weight excluding hydrogens is 312 g/mol. The highest BCUT2D eigenvalue weighted by molar-refractivity contribution is 5.75. The van der Waals surface area contributed by atoms with Gasteiger partial charge in [0.05, 0.1) is 0 Å².